The predicted octanol–water partition coefficient (Wildman–Crippen LogP) is 2.08. The van der Waals surface area contributed by atoms with Crippen molar-refractivity contribution in [1.29, 1.82) is 0 Å². The zero-order valence-corrected chi connectivity index (χ0v) is 10.6. The molecule has 1 heterocycles. The minimum atomic E-state index is -0.782. The van der Waals surface area contributed by atoms with Crippen LogP contribution < -0.4 is 11.4 Å². The van der Waals surface area contributed by atoms with Gasteiger partial charge in [0.2, 0.25) is 0 Å². The van der Waals surface area contributed by atoms with Crippen molar-refractivity contribution >= 4 is 23.2 Å². The van der Waals surface area contributed by atoms with Crippen LogP contribution in [0.5, 0.6) is 0 Å². The second-order valence-electron chi connectivity index (χ2n) is 3.41. The van der Waals surface area contributed by atoms with Crippen LogP contribution >= 0.6 is 23.2 Å². The number of halogens is 2. The quantitative estimate of drug-likeness (QED) is 0.812. The lowest BCUT2D eigenvalue weighted by Crippen LogP contribution is -2.27. The first-order valence-electron chi connectivity index (χ1n) is 4.94. The average molecular weight is 287 g/mol. The molecule has 94 valence electrons. The fraction of sp³-hybridized carbons (Fsp3) is 0.0909. The molecule has 0 radical (unpaired) electrons. The van der Waals surface area contributed by atoms with Crippen LogP contribution in [0.4, 0.5) is 0 Å². The van der Waals surface area contributed by atoms with Gasteiger partial charge in [-0.05, 0) is 12.1 Å². The molecule has 0 aliphatic heterocycles. The summed E-state index contributed by atoms with van der Waals surface area (Å²) in [6, 6.07) is 4.69. The number of rotatable bonds is 3. The molecule has 0 bridgehead atoms. The van der Waals surface area contributed by atoms with E-state index in [0.717, 1.165) is 9.31 Å². The first-order chi connectivity index (χ1) is 8.56. The third-order valence-corrected chi connectivity index (χ3v) is 3.07. The van der Waals surface area contributed by atoms with E-state index in [-0.39, 0.29) is 22.3 Å². The van der Waals surface area contributed by atoms with Crippen LogP contribution in [-0.2, 0) is 6.54 Å². The Hall–Kier alpha value is -1.72. The van der Waals surface area contributed by atoms with Crippen LogP contribution in [0.25, 0.3) is 5.69 Å². The van der Waals surface area contributed by atoms with Crippen molar-refractivity contribution in [3.8, 4) is 5.69 Å². The van der Waals surface area contributed by atoms with Crippen molar-refractivity contribution in [3.63, 3.8) is 0 Å². The molecule has 0 aliphatic carbocycles. The monoisotopic (exact) mass is 286 g/mol. The van der Waals surface area contributed by atoms with E-state index in [4.69, 9.17) is 27.7 Å². The molecule has 0 aliphatic rings. The first-order valence-corrected chi connectivity index (χ1v) is 5.70. The van der Waals surface area contributed by atoms with Gasteiger partial charge in [-0.3, -0.25) is 0 Å². The zero-order valence-electron chi connectivity index (χ0n) is 9.10. The smallest absolute Gasteiger partial charge is 0.312 e. The maximum Gasteiger partial charge on any atom is 0.443 e. The minimum absolute atomic E-state index is 0.0619. The molecule has 0 saturated heterocycles. The fourth-order valence-electron chi connectivity index (χ4n) is 1.44. The number of hydrogen-bond donors (Lipinski definition) is 0. The van der Waals surface area contributed by atoms with Crippen LogP contribution in [-0.4, -0.2) is 9.31 Å². The largest absolute Gasteiger partial charge is 0.443 e. The summed E-state index contributed by atoms with van der Waals surface area (Å²) < 4.78 is 6.54. The number of benzene rings is 1. The van der Waals surface area contributed by atoms with E-state index in [9.17, 15) is 9.59 Å². The van der Waals surface area contributed by atoms with Crippen LogP contribution in [0.3, 0.4) is 0 Å². The summed E-state index contributed by atoms with van der Waals surface area (Å²) in [5.41, 5.74) is -0.418. The highest BCUT2D eigenvalue weighted by molar-refractivity contribution is 6.43. The van der Waals surface area contributed by atoms with Gasteiger partial charge in [0.25, 0.3) is 0 Å². The second-order valence-corrected chi connectivity index (χ2v) is 4.19. The highest BCUT2D eigenvalue weighted by Crippen LogP contribution is 2.27. The summed E-state index contributed by atoms with van der Waals surface area (Å²) in [5.74, 6) is -0.782. The van der Waals surface area contributed by atoms with Gasteiger partial charge in [-0.25, -0.2) is 14.2 Å². The maximum atomic E-state index is 11.9. The summed E-state index contributed by atoms with van der Waals surface area (Å²) in [7, 11) is 0. The summed E-state index contributed by atoms with van der Waals surface area (Å²) in [4.78, 5) is 23.4. The maximum absolute atomic E-state index is 11.9. The molecule has 18 heavy (non-hydrogen) atoms. The Labute approximate surface area is 111 Å². The van der Waals surface area contributed by atoms with E-state index in [2.05, 4.69) is 6.58 Å². The summed E-state index contributed by atoms with van der Waals surface area (Å²) in [5, 5.41) is 0.404. The molecule has 5 nitrogen and oxygen atoms in total. The zero-order chi connectivity index (χ0) is 13.3. The Balaban J connectivity index is 2.70. The number of aromatic nitrogens is 2. The predicted molar refractivity (Wildman–Crippen MR) is 68.8 cm³/mol. The fourth-order valence-corrected chi connectivity index (χ4v) is 1.81. The standard InChI is InChI=1S/C11H8Cl2N2O3/c1-2-6-14-10(16)15(18-11(14)17)8-5-3-4-7(12)9(8)13/h2-5H,1,6H2. The molecule has 0 fully saturated rings. The van der Waals surface area contributed by atoms with Gasteiger partial charge in [-0.2, -0.15) is 0 Å². The highest BCUT2D eigenvalue weighted by atomic mass is 35.5. The minimum Gasteiger partial charge on any atom is -0.312 e. The molecule has 0 unspecified atom stereocenters. The molecule has 2 rings (SSSR count). The van der Waals surface area contributed by atoms with E-state index < -0.39 is 11.4 Å². The lowest BCUT2D eigenvalue weighted by Gasteiger charge is -2.02. The molecule has 7 heteroatoms. The Morgan fingerprint density at radius 1 is 1.33 bits per heavy atom. The van der Waals surface area contributed by atoms with E-state index >= 15 is 0 Å². The van der Waals surface area contributed by atoms with Crippen molar-refractivity contribution in [1.82, 2.24) is 9.31 Å². The Kier molecular flexibility index (Phi) is 3.45. The SMILES string of the molecule is C=CCn1c(=O)on(-c2cccc(Cl)c2Cl)c1=O. The molecule has 0 saturated carbocycles. The van der Waals surface area contributed by atoms with Crippen LogP contribution in [0.2, 0.25) is 10.0 Å². The van der Waals surface area contributed by atoms with Gasteiger partial charge in [-0.1, -0.05) is 35.3 Å². The normalized spacial score (nSPS) is 10.6. The Morgan fingerprint density at radius 2 is 2.06 bits per heavy atom. The average Bonchev–Trinajstić information content (AvgIpc) is 2.61. The molecule has 1 aromatic carbocycles. The van der Waals surface area contributed by atoms with Crippen LogP contribution in [0.1, 0.15) is 0 Å². The van der Waals surface area contributed by atoms with Crippen LogP contribution in [0.15, 0.2) is 45.0 Å². The molecule has 0 amide bonds. The van der Waals surface area contributed by atoms with E-state index in [1.54, 1.807) is 12.1 Å². The van der Waals surface area contributed by atoms with E-state index in [1.165, 1.54) is 12.1 Å². The number of allylic oxidation sites excluding steroid dienone is 1. The van der Waals surface area contributed by atoms with Gasteiger partial charge >= 0.3 is 11.4 Å². The molecule has 0 atom stereocenters. The molecular formula is C11H8Cl2N2O3. The van der Waals surface area contributed by atoms with Crippen molar-refractivity contribution in [3.05, 3.63) is 61.9 Å². The Morgan fingerprint density at radius 3 is 2.72 bits per heavy atom. The van der Waals surface area contributed by atoms with Gasteiger partial charge in [-0.15, -0.1) is 11.3 Å². The van der Waals surface area contributed by atoms with Crippen molar-refractivity contribution < 1.29 is 4.52 Å². The third-order valence-electron chi connectivity index (χ3n) is 2.26. The van der Waals surface area contributed by atoms with Crippen molar-refractivity contribution in [2.75, 3.05) is 0 Å². The number of nitrogens with zero attached hydrogens (tertiary/aromatic N) is 2. The topological polar surface area (TPSA) is 57.1 Å². The van der Waals surface area contributed by atoms with Gasteiger partial charge < -0.3 is 4.52 Å². The van der Waals surface area contributed by atoms with Gasteiger partial charge in [0, 0.05) is 0 Å². The summed E-state index contributed by atoms with van der Waals surface area (Å²) in [6.45, 7) is 3.52. The van der Waals surface area contributed by atoms with E-state index in [1.807, 2.05) is 0 Å². The van der Waals surface area contributed by atoms with Gasteiger partial charge in [0.1, 0.15) is 5.69 Å². The highest BCUT2D eigenvalue weighted by Gasteiger charge is 2.15. The third kappa shape index (κ3) is 2.02. The molecule has 2 aromatic rings. The molecular weight excluding hydrogens is 279 g/mol. The molecule has 1 aromatic heterocycles. The van der Waals surface area contributed by atoms with Crippen LogP contribution in [0, 0.1) is 0 Å². The first kappa shape index (κ1) is 12.7. The lowest BCUT2D eigenvalue weighted by molar-refractivity contribution is 0.312. The second kappa shape index (κ2) is 4.88. The van der Waals surface area contributed by atoms with Crippen molar-refractivity contribution in [2.45, 2.75) is 6.54 Å². The van der Waals surface area contributed by atoms with Gasteiger partial charge in [0.15, 0.2) is 0 Å². The molecule has 0 N–H and O–H groups in total. The van der Waals surface area contributed by atoms with Crippen molar-refractivity contribution in [2.24, 2.45) is 0 Å². The van der Waals surface area contributed by atoms with E-state index in [0.29, 0.717) is 0 Å². The summed E-state index contributed by atoms with van der Waals surface area (Å²) >= 11 is 11.8. The lowest BCUT2D eigenvalue weighted by atomic mass is 10.3. The summed E-state index contributed by atoms with van der Waals surface area (Å²) in [6.07, 6.45) is 1.42. The number of hydrogen-bond acceptors (Lipinski definition) is 3. The molecule has 0 spiro atoms. The van der Waals surface area contributed by atoms with Gasteiger partial charge in [0.05, 0.1) is 16.6 Å². The Bertz CT molecular complexity index is 712.